The number of hydrogen-bond acceptors (Lipinski definition) is 3. The molecule has 6 nitrogen and oxygen atoms in total. The molecule has 0 fully saturated rings. The van der Waals surface area contributed by atoms with E-state index in [0.29, 0.717) is 13.1 Å². The molecule has 0 radical (unpaired) electrons. The molecule has 2 rings (SSSR count). The lowest BCUT2D eigenvalue weighted by molar-refractivity contribution is -0.138. The lowest BCUT2D eigenvalue weighted by atomic mass is 10.1. The normalized spacial score (nSPS) is 10.7. The van der Waals surface area contributed by atoms with E-state index in [9.17, 15) is 9.59 Å². The van der Waals surface area contributed by atoms with Crippen LogP contribution in [0.25, 0.3) is 5.69 Å². The van der Waals surface area contributed by atoms with Crippen molar-refractivity contribution in [2.45, 2.75) is 34.1 Å². The van der Waals surface area contributed by atoms with Crippen LogP contribution < -0.4 is 0 Å². The van der Waals surface area contributed by atoms with Crippen LogP contribution in [0, 0.1) is 13.8 Å². The van der Waals surface area contributed by atoms with Crippen LogP contribution >= 0.6 is 0 Å². The van der Waals surface area contributed by atoms with Gasteiger partial charge in [-0.2, -0.15) is 5.10 Å². The molecule has 1 aromatic carbocycles. The minimum absolute atomic E-state index is 0.0284. The number of aryl methyl sites for hydroxylation is 1. The zero-order valence-electron chi connectivity index (χ0n) is 16.3. The molecule has 0 bridgehead atoms. The monoisotopic (exact) mass is 356 g/mol. The number of carbonyl (C=O) groups is 2. The summed E-state index contributed by atoms with van der Waals surface area (Å²) in [4.78, 5) is 28.1. The lowest BCUT2D eigenvalue weighted by Crippen LogP contribution is -2.41. The number of rotatable bonds is 7. The summed E-state index contributed by atoms with van der Waals surface area (Å²) in [5.74, 6) is -0.108. The van der Waals surface area contributed by atoms with Crippen LogP contribution in [0.15, 0.2) is 30.3 Å². The summed E-state index contributed by atoms with van der Waals surface area (Å²) in [7, 11) is 1.68. The smallest absolute Gasteiger partial charge is 0.242 e. The van der Waals surface area contributed by atoms with E-state index < -0.39 is 0 Å². The second kappa shape index (κ2) is 8.65. The Morgan fingerprint density at radius 2 is 1.65 bits per heavy atom. The Bertz CT molecular complexity index is 764. The number of hydrogen-bond donors (Lipinski definition) is 0. The van der Waals surface area contributed by atoms with E-state index in [4.69, 9.17) is 0 Å². The third-order valence-electron chi connectivity index (χ3n) is 4.68. The van der Waals surface area contributed by atoms with Gasteiger partial charge in [-0.25, -0.2) is 4.68 Å². The molecule has 0 saturated carbocycles. The van der Waals surface area contributed by atoms with Gasteiger partial charge in [0.1, 0.15) is 0 Å². The van der Waals surface area contributed by atoms with Gasteiger partial charge in [-0.1, -0.05) is 18.2 Å². The van der Waals surface area contributed by atoms with Gasteiger partial charge in [-0.05, 0) is 39.8 Å². The Morgan fingerprint density at radius 3 is 2.23 bits per heavy atom. The number of para-hydroxylation sites is 1. The Balaban J connectivity index is 2.12. The van der Waals surface area contributed by atoms with Gasteiger partial charge in [0.05, 0.1) is 24.3 Å². The van der Waals surface area contributed by atoms with E-state index in [2.05, 4.69) is 5.10 Å². The Morgan fingerprint density at radius 1 is 1.04 bits per heavy atom. The number of carbonyl (C=O) groups excluding carboxylic acids is 2. The molecule has 2 aromatic rings. The van der Waals surface area contributed by atoms with E-state index in [1.807, 2.05) is 62.7 Å². The molecule has 1 aromatic heterocycles. The summed E-state index contributed by atoms with van der Waals surface area (Å²) < 4.78 is 1.86. The standard InChI is InChI=1S/C20H28N4O2/c1-6-23(7-2)20(26)14-22(5)19(25)13-18-15(3)21-24(16(18)4)17-11-9-8-10-12-17/h8-12H,6-7,13-14H2,1-5H3. The van der Waals surface area contributed by atoms with Crippen LogP contribution in [0.5, 0.6) is 0 Å². The summed E-state index contributed by atoms with van der Waals surface area (Å²) in [6.07, 6.45) is 0.243. The predicted octanol–water partition coefficient (Wildman–Crippen LogP) is 2.36. The zero-order valence-corrected chi connectivity index (χ0v) is 16.3. The molecule has 26 heavy (non-hydrogen) atoms. The van der Waals surface area contributed by atoms with Crippen LogP contribution in [-0.2, 0) is 16.0 Å². The number of likely N-dealkylation sites (N-methyl/N-ethyl adjacent to an activating group) is 2. The first-order valence-corrected chi connectivity index (χ1v) is 9.01. The van der Waals surface area contributed by atoms with Gasteiger partial charge in [0.15, 0.2) is 0 Å². The molecular weight excluding hydrogens is 328 g/mol. The van der Waals surface area contributed by atoms with Gasteiger partial charge < -0.3 is 9.80 Å². The van der Waals surface area contributed by atoms with Crippen molar-refractivity contribution in [3.05, 3.63) is 47.3 Å². The van der Waals surface area contributed by atoms with Crippen molar-refractivity contribution in [1.82, 2.24) is 19.6 Å². The van der Waals surface area contributed by atoms with E-state index in [1.165, 1.54) is 4.90 Å². The fourth-order valence-electron chi connectivity index (χ4n) is 3.00. The molecule has 0 unspecified atom stereocenters. The van der Waals surface area contributed by atoms with Crippen molar-refractivity contribution in [2.24, 2.45) is 0 Å². The SMILES string of the molecule is CCN(CC)C(=O)CN(C)C(=O)Cc1c(C)nn(-c2ccccc2)c1C. The molecule has 2 amide bonds. The average Bonchev–Trinajstić information content (AvgIpc) is 2.91. The van der Waals surface area contributed by atoms with E-state index in [1.54, 1.807) is 11.9 Å². The summed E-state index contributed by atoms with van der Waals surface area (Å²) >= 11 is 0. The third kappa shape index (κ3) is 4.31. The van der Waals surface area contributed by atoms with Gasteiger partial charge in [0.2, 0.25) is 11.8 Å². The van der Waals surface area contributed by atoms with Crippen molar-refractivity contribution in [2.75, 3.05) is 26.7 Å². The van der Waals surface area contributed by atoms with Gasteiger partial charge in [0.25, 0.3) is 0 Å². The molecule has 0 aliphatic carbocycles. The van der Waals surface area contributed by atoms with Gasteiger partial charge in [-0.3, -0.25) is 9.59 Å². The molecule has 0 spiro atoms. The number of aromatic nitrogens is 2. The lowest BCUT2D eigenvalue weighted by Gasteiger charge is -2.23. The number of benzene rings is 1. The van der Waals surface area contributed by atoms with E-state index >= 15 is 0 Å². The molecule has 6 heteroatoms. The van der Waals surface area contributed by atoms with Crippen LogP contribution in [-0.4, -0.2) is 58.1 Å². The van der Waals surface area contributed by atoms with Crippen molar-refractivity contribution in [3.63, 3.8) is 0 Å². The van der Waals surface area contributed by atoms with Crippen LogP contribution in [0.3, 0.4) is 0 Å². The average molecular weight is 356 g/mol. The zero-order chi connectivity index (χ0) is 19.3. The minimum atomic E-state index is -0.0793. The largest absolute Gasteiger partial charge is 0.342 e. The highest BCUT2D eigenvalue weighted by Gasteiger charge is 2.20. The summed E-state index contributed by atoms with van der Waals surface area (Å²) in [6, 6.07) is 9.85. The Kier molecular flexibility index (Phi) is 6.55. The molecule has 0 aliphatic rings. The highest BCUT2D eigenvalue weighted by Crippen LogP contribution is 2.18. The molecule has 0 atom stereocenters. The Labute approximate surface area is 155 Å². The van der Waals surface area contributed by atoms with Crippen molar-refractivity contribution in [3.8, 4) is 5.69 Å². The maximum absolute atomic E-state index is 12.6. The van der Waals surface area contributed by atoms with Crippen LogP contribution in [0.4, 0.5) is 0 Å². The minimum Gasteiger partial charge on any atom is -0.342 e. The molecule has 0 saturated heterocycles. The van der Waals surface area contributed by atoms with Gasteiger partial charge in [-0.15, -0.1) is 0 Å². The second-order valence-electron chi connectivity index (χ2n) is 6.39. The molecule has 0 N–H and O–H groups in total. The Hall–Kier alpha value is -2.63. The van der Waals surface area contributed by atoms with Gasteiger partial charge >= 0.3 is 0 Å². The quantitative estimate of drug-likeness (QED) is 0.765. The topological polar surface area (TPSA) is 58.4 Å². The highest BCUT2D eigenvalue weighted by atomic mass is 16.2. The molecule has 140 valence electrons. The first kappa shape index (κ1) is 19.7. The highest BCUT2D eigenvalue weighted by molar-refractivity contribution is 5.86. The predicted molar refractivity (Wildman–Crippen MR) is 102 cm³/mol. The molecular formula is C20H28N4O2. The molecule has 1 heterocycles. The van der Waals surface area contributed by atoms with Crippen molar-refractivity contribution >= 4 is 11.8 Å². The second-order valence-corrected chi connectivity index (χ2v) is 6.39. The summed E-state index contributed by atoms with van der Waals surface area (Å²) in [6.45, 7) is 9.17. The molecule has 0 aliphatic heterocycles. The third-order valence-corrected chi connectivity index (χ3v) is 4.68. The van der Waals surface area contributed by atoms with Crippen molar-refractivity contribution < 1.29 is 9.59 Å². The fourth-order valence-corrected chi connectivity index (χ4v) is 3.00. The number of nitrogens with zero attached hydrogens (tertiary/aromatic N) is 4. The maximum atomic E-state index is 12.6. The maximum Gasteiger partial charge on any atom is 0.242 e. The van der Waals surface area contributed by atoms with Crippen LogP contribution in [0.2, 0.25) is 0 Å². The van der Waals surface area contributed by atoms with Crippen molar-refractivity contribution in [1.29, 1.82) is 0 Å². The van der Waals surface area contributed by atoms with Crippen LogP contribution in [0.1, 0.15) is 30.8 Å². The summed E-state index contributed by atoms with van der Waals surface area (Å²) in [5, 5.41) is 4.58. The summed E-state index contributed by atoms with van der Waals surface area (Å²) in [5.41, 5.74) is 3.67. The van der Waals surface area contributed by atoms with Gasteiger partial charge in [0, 0.05) is 31.4 Å². The first-order chi connectivity index (χ1) is 12.4. The van der Waals surface area contributed by atoms with E-state index in [-0.39, 0.29) is 24.8 Å². The number of amides is 2. The van der Waals surface area contributed by atoms with E-state index in [0.717, 1.165) is 22.6 Å². The first-order valence-electron chi connectivity index (χ1n) is 9.01. The fraction of sp³-hybridized carbons (Fsp3) is 0.450.